The third-order valence-corrected chi connectivity index (χ3v) is 5.38. The number of amides is 2. The highest BCUT2D eigenvalue weighted by molar-refractivity contribution is 9.10. The Hall–Kier alpha value is -3.10. The van der Waals surface area contributed by atoms with Gasteiger partial charge in [-0.05, 0) is 70.7 Å². The highest BCUT2D eigenvalue weighted by Gasteiger charge is 2.16. The minimum Gasteiger partial charge on any atom is -0.491 e. The van der Waals surface area contributed by atoms with Gasteiger partial charge in [-0.1, -0.05) is 18.2 Å². The number of carbonyl (C=O) groups excluding carboxylic acids is 2. The van der Waals surface area contributed by atoms with Crippen LogP contribution < -0.4 is 15.4 Å². The maximum Gasteiger partial charge on any atom is 0.291 e. The number of hydrogen-bond acceptors (Lipinski definition) is 5. The highest BCUT2D eigenvalue weighted by Crippen LogP contribution is 2.20. The maximum atomic E-state index is 12.5. The van der Waals surface area contributed by atoms with Gasteiger partial charge in [-0.25, -0.2) is 0 Å². The van der Waals surface area contributed by atoms with Gasteiger partial charge in [0, 0.05) is 24.0 Å². The van der Waals surface area contributed by atoms with Crippen LogP contribution in [0.2, 0.25) is 0 Å². The fraction of sp³-hybridized carbons (Fsp3) is 0.250. The lowest BCUT2D eigenvalue weighted by molar-refractivity contribution is -0.115. The Morgan fingerprint density at radius 2 is 1.88 bits per heavy atom. The Kier molecular flexibility index (Phi) is 7.24. The van der Waals surface area contributed by atoms with Crippen molar-refractivity contribution >= 4 is 39.1 Å². The summed E-state index contributed by atoms with van der Waals surface area (Å²) in [4.78, 5) is 24.6. The molecular weight excluding hydrogens is 476 g/mol. The Morgan fingerprint density at radius 3 is 2.59 bits per heavy atom. The predicted octanol–water partition coefficient (Wildman–Crippen LogP) is 5.03. The van der Waals surface area contributed by atoms with Gasteiger partial charge in [-0.3, -0.25) is 9.59 Å². The topological polar surface area (TPSA) is 89.8 Å². The molecule has 3 aromatic rings. The molecule has 1 fully saturated rings. The molecular formula is C24H23BrN2O5. The molecule has 0 bridgehead atoms. The van der Waals surface area contributed by atoms with E-state index < -0.39 is 0 Å². The minimum atomic E-state index is -0.345. The zero-order chi connectivity index (χ0) is 22.3. The molecule has 32 heavy (non-hydrogen) atoms. The van der Waals surface area contributed by atoms with E-state index >= 15 is 0 Å². The van der Waals surface area contributed by atoms with Gasteiger partial charge in [-0.2, -0.15) is 0 Å². The molecule has 2 heterocycles. The summed E-state index contributed by atoms with van der Waals surface area (Å²) in [5, 5.41) is 5.65. The van der Waals surface area contributed by atoms with Gasteiger partial charge in [0.05, 0.1) is 12.5 Å². The van der Waals surface area contributed by atoms with Crippen molar-refractivity contribution < 1.29 is 23.5 Å². The summed E-state index contributed by atoms with van der Waals surface area (Å²) in [6, 6.07) is 17.7. The second-order valence-electron chi connectivity index (χ2n) is 7.45. The zero-order valence-corrected chi connectivity index (χ0v) is 18.9. The van der Waals surface area contributed by atoms with Crippen molar-refractivity contribution in [2.24, 2.45) is 0 Å². The van der Waals surface area contributed by atoms with Crippen molar-refractivity contribution in [3.05, 3.63) is 76.7 Å². The number of hydrogen-bond donors (Lipinski definition) is 2. The first-order valence-corrected chi connectivity index (χ1v) is 11.1. The molecule has 0 spiro atoms. The van der Waals surface area contributed by atoms with Gasteiger partial charge in [0.25, 0.3) is 5.91 Å². The molecule has 0 saturated carbocycles. The molecule has 1 aromatic heterocycles. The molecule has 2 amide bonds. The van der Waals surface area contributed by atoms with E-state index in [0.717, 1.165) is 25.0 Å². The van der Waals surface area contributed by atoms with Crippen LogP contribution >= 0.6 is 15.9 Å². The van der Waals surface area contributed by atoms with E-state index in [0.29, 0.717) is 28.4 Å². The first-order chi connectivity index (χ1) is 15.5. The Bertz CT molecular complexity index is 1070. The Morgan fingerprint density at radius 1 is 1.03 bits per heavy atom. The van der Waals surface area contributed by atoms with E-state index in [-0.39, 0.29) is 30.1 Å². The SMILES string of the molecule is O=C(Cc1ccc(NC(=O)c2ccc(Br)o2)cc1)Nc1cccc(OCC2CCCO2)c1. The molecule has 1 aliphatic heterocycles. The molecule has 1 aliphatic rings. The summed E-state index contributed by atoms with van der Waals surface area (Å²) < 4.78 is 17.1. The lowest BCUT2D eigenvalue weighted by Crippen LogP contribution is -2.17. The average Bonchev–Trinajstić information content (AvgIpc) is 3.46. The summed E-state index contributed by atoms with van der Waals surface area (Å²) in [5.41, 5.74) is 2.11. The van der Waals surface area contributed by atoms with Crippen LogP contribution in [0.3, 0.4) is 0 Å². The van der Waals surface area contributed by atoms with Crippen LogP contribution in [0.1, 0.15) is 29.0 Å². The van der Waals surface area contributed by atoms with E-state index in [1.165, 1.54) is 0 Å². The van der Waals surface area contributed by atoms with Gasteiger partial charge >= 0.3 is 0 Å². The van der Waals surface area contributed by atoms with Crippen LogP contribution in [0.25, 0.3) is 0 Å². The van der Waals surface area contributed by atoms with Crippen molar-refractivity contribution in [1.29, 1.82) is 0 Å². The quantitative estimate of drug-likeness (QED) is 0.454. The van der Waals surface area contributed by atoms with Gasteiger partial charge in [0.15, 0.2) is 10.4 Å². The molecule has 8 heteroatoms. The first-order valence-electron chi connectivity index (χ1n) is 10.3. The van der Waals surface area contributed by atoms with E-state index in [9.17, 15) is 9.59 Å². The standard InChI is InChI=1S/C24H23BrN2O5/c25-22-11-10-21(32-22)24(29)27-17-8-6-16(7-9-17)13-23(28)26-18-3-1-4-19(14-18)31-15-20-5-2-12-30-20/h1,3-4,6-11,14,20H,2,5,12-13,15H2,(H,26,28)(H,27,29). The molecule has 1 saturated heterocycles. The normalized spacial score (nSPS) is 15.3. The minimum absolute atomic E-state index is 0.140. The summed E-state index contributed by atoms with van der Waals surface area (Å²) in [7, 11) is 0. The molecule has 1 atom stereocenters. The molecule has 2 aromatic carbocycles. The third kappa shape index (κ3) is 6.21. The smallest absolute Gasteiger partial charge is 0.291 e. The molecule has 7 nitrogen and oxygen atoms in total. The lowest BCUT2D eigenvalue weighted by Gasteiger charge is -2.12. The van der Waals surface area contributed by atoms with Crippen LogP contribution in [0, 0.1) is 0 Å². The zero-order valence-electron chi connectivity index (χ0n) is 17.3. The van der Waals surface area contributed by atoms with Crippen molar-refractivity contribution in [2.75, 3.05) is 23.8 Å². The van der Waals surface area contributed by atoms with E-state index in [4.69, 9.17) is 13.9 Å². The van der Waals surface area contributed by atoms with Crippen molar-refractivity contribution in [2.45, 2.75) is 25.4 Å². The van der Waals surface area contributed by atoms with Crippen molar-refractivity contribution in [3.8, 4) is 5.75 Å². The van der Waals surface area contributed by atoms with Crippen LogP contribution in [-0.2, 0) is 16.0 Å². The second kappa shape index (κ2) is 10.5. The molecule has 0 radical (unpaired) electrons. The number of halogens is 1. The van der Waals surface area contributed by atoms with E-state index in [1.807, 2.05) is 18.2 Å². The summed E-state index contributed by atoms with van der Waals surface area (Å²) in [5.74, 6) is 0.422. The molecule has 4 rings (SSSR count). The number of anilines is 2. The fourth-order valence-corrected chi connectivity index (χ4v) is 3.66. The number of nitrogens with one attached hydrogen (secondary N) is 2. The van der Waals surface area contributed by atoms with Crippen LogP contribution in [-0.4, -0.2) is 31.1 Å². The monoisotopic (exact) mass is 498 g/mol. The van der Waals surface area contributed by atoms with Gasteiger partial charge in [0.1, 0.15) is 12.4 Å². The summed E-state index contributed by atoms with van der Waals surface area (Å²) in [6.07, 6.45) is 2.43. The first kappa shape index (κ1) is 22.1. The number of rotatable bonds is 8. The number of benzene rings is 2. The Balaban J connectivity index is 1.27. The molecule has 1 unspecified atom stereocenters. The summed E-state index contributed by atoms with van der Waals surface area (Å²) in [6.45, 7) is 1.30. The van der Waals surface area contributed by atoms with E-state index in [2.05, 4.69) is 26.6 Å². The third-order valence-electron chi connectivity index (χ3n) is 4.95. The molecule has 0 aliphatic carbocycles. The van der Waals surface area contributed by atoms with Crippen LogP contribution in [0.15, 0.2) is 69.8 Å². The maximum absolute atomic E-state index is 12.5. The average molecular weight is 499 g/mol. The number of ether oxygens (including phenoxy) is 2. The van der Waals surface area contributed by atoms with Crippen LogP contribution in [0.4, 0.5) is 11.4 Å². The van der Waals surface area contributed by atoms with Gasteiger partial charge < -0.3 is 24.5 Å². The largest absolute Gasteiger partial charge is 0.491 e. The second-order valence-corrected chi connectivity index (χ2v) is 8.24. The van der Waals surface area contributed by atoms with Gasteiger partial charge in [0.2, 0.25) is 5.91 Å². The van der Waals surface area contributed by atoms with Crippen molar-refractivity contribution in [1.82, 2.24) is 0 Å². The van der Waals surface area contributed by atoms with Crippen molar-refractivity contribution in [3.63, 3.8) is 0 Å². The Labute approximate surface area is 194 Å². The number of carbonyl (C=O) groups is 2. The predicted molar refractivity (Wildman–Crippen MR) is 124 cm³/mol. The lowest BCUT2D eigenvalue weighted by atomic mass is 10.1. The van der Waals surface area contributed by atoms with E-state index in [1.54, 1.807) is 42.5 Å². The number of furan rings is 1. The fourth-order valence-electron chi connectivity index (χ4n) is 3.35. The van der Waals surface area contributed by atoms with Crippen LogP contribution in [0.5, 0.6) is 5.75 Å². The highest BCUT2D eigenvalue weighted by atomic mass is 79.9. The molecule has 166 valence electrons. The molecule has 2 N–H and O–H groups in total. The summed E-state index contributed by atoms with van der Waals surface area (Å²) >= 11 is 3.17. The van der Waals surface area contributed by atoms with Gasteiger partial charge in [-0.15, -0.1) is 0 Å².